The Kier molecular flexibility index (Phi) is 6.85. The van der Waals surface area contributed by atoms with Gasteiger partial charge in [-0.05, 0) is 29.7 Å². The maximum Gasteiger partial charge on any atom is 0.328 e. The highest BCUT2D eigenvalue weighted by atomic mass is 16.5. The summed E-state index contributed by atoms with van der Waals surface area (Å²) in [7, 11) is 1.30. The van der Waals surface area contributed by atoms with Gasteiger partial charge in [0.15, 0.2) is 0 Å². The van der Waals surface area contributed by atoms with Crippen molar-refractivity contribution >= 4 is 17.6 Å². The summed E-state index contributed by atoms with van der Waals surface area (Å²) in [6, 6.07) is 36.2. The van der Waals surface area contributed by atoms with Crippen molar-refractivity contribution in [2.45, 2.75) is 42.7 Å². The molecule has 6 rings (SSSR count). The lowest BCUT2D eigenvalue weighted by molar-refractivity contribution is -0.145. The molecule has 0 saturated carbocycles. The van der Waals surface area contributed by atoms with Crippen LogP contribution >= 0.6 is 0 Å². The van der Waals surface area contributed by atoms with E-state index in [1.807, 2.05) is 78.9 Å². The molecule has 0 aliphatic carbocycles. The van der Waals surface area contributed by atoms with E-state index in [1.54, 1.807) is 6.92 Å². The first kappa shape index (κ1) is 26.7. The molecule has 3 N–H and O–H groups in total. The summed E-state index contributed by atoms with van der Waals surface area (Å²) >= 11 is 0. The average Bonchev–Trinajstić information content (AvgIpc) is 3.47. The van der Waals surface area contributed by atoms with Gasteiger partial charge in [-0.25, -0.2) is 4.79 Å². The minimum absolute atomic E-state index is 0.121. The van der Waals surface area contributed by atoms with Crippen LogP contribution in [0.3, 0.4) is 0 Å². The second-order valence-electron chi connectivity index (χ2n) is 10.7. The molecule has 1 saturated heterocycles. The number of anilines is 1. The van der Waals surface area contributed by atoms with Crippen molar-refractivity contribution < 1.29 is 19.4 Å². The van der Waals surface area contributed by atoms with E-state index in [4.69, 9.17) is 4.74 Å². The minimum atomic E-state index is -1.38. The number of nitrogens with zero attached hydrogens (tertiary/aromatic N) is 1. The van der Waals surface area contributed by atoms with Crippen LogP contribution in [0.2, 0.25) is 0 Å². The minimum Gasteiger partial charge on any atom is -0.467 e. The normalized spacial score (nSPS) is 22.2. The monoisotopic (exact) mass is 547 g/mol. The van der Waals surface area contributed by atoms with Gasteiger partial charge in [-0.15, -0.1) is 0 Å². The lowest BCUT2D eigenvalue weighted by Crippen LogP contribution is -2.60. The molecule has 41 heavy (non-hydrogen) atoms. The number of para-hydroxylation sites is 1. The Balaban J connectivity index is 1.63. The Hall–Kier alpha value is -4.46. The van der Waals surface area contributed by atoms with Crippen molar-refractivity contribution in [1.82, 2.24) is 10.2 Å². The topological polar surface area (TPSA) is 90.9 Å². The van der Waals surface area contributed by atoms with E-state index in [2.05, 4.69) is 51.9 Å². The number of aliphatic hydroxyl groups is 1. The molecule has 0 unspecified atom stereocenters. The smallest absolute Gasteiger partial charge is 0.328 e. The van der Waals surface area contributed by atoms with E-state index in [-0.39, 0.29) is 12.3 Å². The first-order chi connectivity index (χ1) is 19.9. The lowest BCUT2D eigenvalue weighted by Gasteiger charge is -2.48. The number of nitrogens with one attached hydrogen (secondary N) is 2. The van der Waals surface area contributed by atoms with E-state index in [1.165, 1.54) is 7.11 Å². The Morgan fingerprint density at radius 1 is 0.878 bits per heavy atom. The Morgan fingerprint density at radius 2 is 1.37 bits per heavy atom. The van der Waals surface area contributed by atoms with Gasteiger partial charge in [0.1, 0.15) is 17.8 Å². The summed E-state index contributed by atoms with van der Waals surface area (Å²) in [5, 5.41) is 18.9. The number of esters is 1. The summed E-state index contributed by atoms with van der Waals surface area (Å²) in [5.74, 6) is -0.900. The number of methoxy groups -OCH3 is 1. The lowest BCUT2D eigenvalue weighted by atomic mass is 9.74. The van der Waals surface area contributed by atoms with Crippen LogP contribution in [-0.2, 0) is 25.5 Å². The largest absolute Gasteiger partial charge is 0.467 e. The van der Waals surface area contributed by atoms with Gasteiger partial charge in [-0.1, -0.05) is 109 Å². The van der Waals surface area contributed by atoms with Crippen molar-refractivity contribution in [3.63, 3.8) is 0 Å². The van der Waals surface area contributed by atoms with Gasteiger partial charge < -0.3 is 20.5 Å². The first-order valence-electron chi connectivity index (χ1n) is 13.8. The van der Waals surface area contributed by atoms with E-state index in [0.717, 1.165) is 27.9 Å². The number of benzene rings is 4. The zero-order chi connectivity index (χ0) is 28.6. The first-order valence-corrected chi connectivity index (χ1v) is 13.8. The predicted octanol–water partition coefficient (Wildman–Crippen LogP) is 4.37. The molecule has 7 heteroatoms. The van der Waals surface area contributed by atoms with Crippen LogP contribution in [0.15, 0.2) is 115 Å². The van der Waals surface area contributed by atoms with Crippen LogP contribution in [0.25, 0.3) is 0 Å². The van der Waals surface area contributed by atoms with Crippen molar-refractivity contribution in [2.24, 2.45) is 0 Å². The second-order valence-corrected chi connectivity index (χ2v) is 10.7. The highest BCUT2D eigenvalue weighted by molar-refractivity contribution is 5.88. The third kappa shape index (κ3) is 4.20. The number of amides is 1. The van der Waals surface area contributed by atoms with E-state index >= 15 is 0 Å². The second kappa shape index (κ2) is 10.5. The number of likely N-dealkylation sites (tertiary alicyclic amines) is 1. The van der Waals surface area contributed by atoms with Crippen molar-refractivity contribution in [3.05, 3.63) is 138 Å². The molecular formula is C34H33N3O4. The van der Waals surface area contributed by atoms with Gasteiger partial charge in [-0.2, -0.15) is 0 Å². The highest BCUT2D eigenvalue weighted by Crippen LogP contribution is 2.56. The summed E-state index contributed by atoms with van der Waals surface area (Å²) in [4.78, 5) is 28.6. The highest BCUT2D eigenvalue weighted by Gasteiger charge is 2.64. The predicted molar refractivity (Wildman–Crippen MR) is 157 cm³/mol. The zero-order valence-corrected chi connectivity index (χ0v) is 23.0. The maximum absolute atomic E-state index is 14.2. The quantitative estimate of drug-likeness (QED) is 0.235. The van der Waals surface area contributed by atoms with Gasteiger partial charge in [-0.3, -0.25) is 9.69 Å². The molecule has 2 aliphatic rings. The third-order valence-corrected chi connectivity index (χ3v) is 8.43. The summed E-state index contributed by atoms with van der Waals surface area (Å²) in [6.45, 7) is 1.60. The van der Waals surface area contributed by atoms with Crippen LogP contribution in [0.5, 0.6) is 0 Å². The molecular weight excluding hydrogens is 514 g/mol. The summed E-state index contributed by atoms with van der Waals surface area (Å²) < 4.78 is 4.89. The SMILES string of the molecule is COC(=O)[C@H](C)NC(=O)[C@@H]1C[C@@]2(O)c3ccccc3N[C@H]2N1C(c1ccccc1)(c1ccccc1)c1ccccc1. The third-order valence-electron chi connectivity index (χ3n) is 8.43. The van der Waals surface area contributed by atoms with Crippen molar-refractivity contribution in [3.8, 4) is 0 Å². The van der Waals surface area contributed by atoms with Crippen molar-refractivity contribution in [2.75, 3.05) is 12.4 Å². The fraction of sp³-hybridized carbons (Fsp3) is 0.235. The van der Waals surface area contributed by atoms with Crippen LogP contribution in [-0.4, -0.2) is 47.2 Å². The average molecular weight is 548 g/mol. The molecule has 4 aromatic rings. The van der Waals surface area contributed by atoms with Crippen LogP contribution in [0.1, 0.15) is 35.6 Å². The Morgan fingerprint density at radius 3 is 1.88 bits per heavy atom. The van der Waals surface area contributed by atoms with E-state index < -0.39 is 35.4 Å². The number of rotatable bonds is 7. The number of fused-ring (bicyclic) bond motifs is 3. The molecule has 1 fully saturated rings. The van der Waals surface area contributed by atoms with Crippen LogP contribution in [0, 0.1) is 0 Å². The molecule has 0 bridgehead atoms. The molecule has 1 amide bonds. The van der Waals surface area contributed by atoms with E-state index in [0.29, 0.717) is 0 Å². The zero-order valence-electron chi connectivity index (χ0n) is 23.0. The number of hydrogen-bond acceptors (Lipinski definition) is 6. The molecule has 208 valence electrons. The van der Waals surface area contributed by atoms with Gasteiger partial charge in [0, 0.05) is 17.7 Å². The molecule has 2 aliphatic heterocycles. The number of carbonyl (C=O) groups excluding carboxylic acids is 2. The van der Waals surface area contributed by atoms with Gasteiger partial charge in [0.05, 0.1) is 18.7 Å². The Bertz CT molecular complexity index is 1450. The molecule has 2 heterocycles. The van der Waals surface area contributed by atoms with Crippen LogP contribution < -0.4 is 10.6 Å². The van der Waals surface area contributed by atoms with Gasteiger partial charge in [0.25, 0.3) is 0 Å². The molecule has 0 aromatic heterocycles. The molecule has 4 aromatic carbocycles. The molecule has 0 radical (unpaired) electrons. The summed E-state index contributed by atoms with van der Waals surface area (Å²) in [6.07, 6.45) is -0.542. The van der Waals surface area contributed by atoms with Gasteiger partial charge in [0.2, 0.25) is 5.91 Å². The molecule has 0 spiro atoms. The molecule has 7 nitrogen and oxygen atoms in total. The number of carbonyl (C=O) groups is 2. The maximum atomic E-state index is 14.2. The number of ether oxygens (including phenoxy) is 1. The van der Waals surface area contributed by atoms with Gasteiger partial charge >= 0.3 is 5.97 Å². The van der Waals surface area contributed by atoms with Crippen LogP contribution in [0.4, 0.5) is 5.69 Å². The standard InChI is InChI=1S/C34H33N3O4/c1-23(31(39)41-2)35-30(38)29-22-33(40)27-20-12-13-21-28(27)36-32(33)37(29)34(24-14-6-3-7-15-24,25-16-8-4-9-17-25)26-18-10-5-11-19-26/h3-21,23,29,32,36,40H,22H2,1-2H3,(H,35,38)/t23-,29-,32-,33+/m0/s1. The number of hydrogen-bond donors (Lipinski definition) is 3. The Labute approximate surface area is 239 Å². The van der Waals surface area contributed by atoms with E-state index in [9.17, 15) is 14.7 Å². The molecule has 4 atom stereocenters. The summed E-state index contributed by atoms with van der Waals surface area (Å²) in [5.41, 5.74) is 2.03. The fourth-order valence-electron chi connectivity index (χ4n) is 6.67. The van der Waals surface area contributed by atoms with Crippen molar-refractivity contribution in [1.29, 1.82) is 0 Å². The fourth-order valence-corrected chi connectivity index (χ4v) is 6.67.